The van der Waals surface area contributed by atoms with Gasteiger partial charge in [-0.15, -0.1) is 11.3 Å². The Morgan fingerprint density at radius 2 is 2.20 bits per heavy atom. The van der Waals surface area contributed by atoms with E-state index in [4.69, 9.17) is 5.11 Å². The monoisotopic (exact) mass is 307 g/mol. The van der Waals surface area contributed by atoms with Gasteiger partial charge >= 0.3 is 12.1 Å². The van der Waals surface area contributed by atoms with Crippen molar-refractivity contribution < 1.29 is 23.1 Å². The number of nitrogens with zero attached hydrogens (tertiary/aromatic N) is 1. The Hall–Kier alpha value is -1.34. The minimum atomic E-state index is -4.23. The molecule has 1 heterocycles. The second kappa shape index (κ2) is 7.44. The summed E-state index contributed by atoms with van der Waals surface area (Å²) in [7, 11) is 0. The molecule has 3 nitrogen and oxygen atoms in total. The topological polar surface area (TPSA) is 40.5 Å². The summed E-state index contributed by atoms with van der Waals surface area (Å²) < 4.78 is 37.4. The highest BCUT2D eigenvalue weighted by atomic mass is 32.1. The molecular formula is C13H16F3NO2S. The Bertz CT molecular complexity index is 468. The number of aliphatic carboxylic acids is 1. The number of carbonyl (C=O) groups is 1. The lowest BCUT2D eigenvalue weighted by atomic mass is 10.2. The zero-order chi connectivity index (χ0) is 15.2. The summed E-state index contributed by atoms with van der Waals surface area (Å²) in [5.41, 5.74) is 0.653. The summed E-state index contributed by atoms with van der Waals surface area (Å²) in [6.07, 6.45) is -1.21. The van der Waals surface area contributed by atoms with Crippen LogP contribution in [0.3, 0.4) is 0 Å². The van der Waals surface area contributed by atoms with Crippen molar-refractivity contribution in [3.63, 3.8) is 0 Å². The van der Waals surface area contributed by atoms with Crippen LogP contribution in [-0.2, 0) is 11.3 Å². The van der Waals surface area contributed by atoms with E-state index in [-0.39, 0.29) is 6.54 Å². The smallest absolute Gasteiger partial charge is 0.401 e. The van der Waals surface area contributed by atoms with Crippen LogP contribution in [0.15, 0.2) is 17.5 Å². The van der Waals surface area contributed by atoms with Gasteiger partial charge in [-0.2, -0.15) is 13.2 Å². The van der Waals surface area contributed by atoms with Crippen LogP contribution in [0.5, 0.6) is 0 Å². The molecule has 1 aromatic heterocycles. The molecule has 0 aliphatic carbocycles. The molecule has 7 heteroatoms. The maximum atomic E-state index is 12.5. The number of thiophene rings is 1. The van der Waals surface area contributed by atoms with Gasteiger partial charge in [0, 0.05) is 17.5 Å². The van der Waals surface area contributed by atoms with Crippen LogP contribution in [-0.4, -0.2) is 35.2 Å². The lowest BCUT2D eigenvalue weighted by molar-refractivity contribution is -0.147. The zero-order valence-electron chi connectivity index (χ0n) is 11.0. The van der Waals surface area contributed by atoms with Crippen LogP contribution in [0.4, 0.5) is 13.2 Å². The lowest BCUT2D eigenvalue weighted by Crippen LogP contribution is -2.34. The summed E-state index contributed by atoms with van der Waals surface area (Å²) in [6, 6.07) is 1.71. The van der Waals surface area contributed by atoms with Gasteiger partial charge in [0.05, 0.1) is 6.54 Å². The predicted octanol–water partition coefficient (Wildman–Crippen LogP) is 3.62. The molecule has 0 bridgehead atoms. The summed E-state index contributed by atoms with van der Waals surface area (Å²) >= 11 is 1.33. The largest absolute Gasteiger partial charge is 0.478 e. The van der Waals surface area contributed by atoms with Gasteiger partial charge in [0.2, 0.25) is 0 Å². The van der Waals surface area contributed by atoms with Gasteiger partial charge in [-0.05, 0) is 36.1 Å². The molecular weight excluding hydrogens is 291 g/mol. The highest BCUT2D eigenvalue weighted by molar-refractivity contribution is 7.10. The molecule has 0 atom stereocenters. The molecule has 20 heavy (non-hydrogen) atoms. The van der Waals surface area contributed by atoms with Gasteiger partial charge in [-0.25, -0.2) is 4.79 Å². The number of halogens is 3. The second-order valence-corrected chi connectivity index (χ2v) is 5.30. The van der Waals surface area contributed by atoms with Gasteiger partial charge < -0.3 is 5.11 Å². The van der Waals surface area contributed by atoms with Gasteiger partial charge in [0.15, 0.2) is 0 Å². The van der Waals surface area contributed by atoms with E-state index in [2.05, 4.69) is 0 Å². The number of hydrogen-bond acceptors (Lipinski definition) is 3. The molecule has 0 unspecified atom stereocenters. The molecule has 0 saturated carbocycles. The Morgan fingerprint density at radius 3 is 2.75 bits per heavy atom. The quantitative estimate of drug-likeness (QED) is 0.782. The molecule has 1 rings (SSSR count). The fourth-order valence-corrected chi connectivity index (χ4v) is 2.68. The van der Waals surface area contributed by atoms with Crippen LogP contribution < -0.4 is 0 Å². The summed E-state index contributed by atoms with van der Waals surface area (Å²) in [5.74, 6) is -1.08. The van der Waals surface area contributed by atoms with E-state index in [0.717, 1.165) is 11.0 Å². The molecule has 0 fully saturated rings. The van der Waals surface area contributed by atoms with Crippen molar-refractivity contribution in [1.82, 2.24) is 4.90 Å². The SMILES string of the molecule is CCCN(Cc1sccc1C=CC(=O)O)CC(F)(F)F. The molecule has 0 spiro atoms. The number of rotatable bonds is 7. The average Bonchev–Trinajstić information content (AvgIpc) is 2.72. The minimum absolute atomic E-state index is 0.171. The third-order valence-electron chi connectivity index (χ3n) is 2.50. The molecule has 0 saturated heterocycles. The number of hydrogen-bond donors (Lipinski definition) is 1. The molecule has 0 radical (unpaired) electrons. The first-order chi connectivity index (χ1) is 9.31. The van der Waals surface area contributed by atoms with E-state index in [1.54, 1.807) is 11.4 Å². The van der Waals surface area contributed by atoms with Crippen LogP contribution in [0.25, 0.3) is 6.08 Å². The summed E-state index contributed by atoms with van der Waals surface area (Å²) in [6.45, 7) is 1.38. The number of carboxylic acids is 1. The third kappa shape index (κ3) is 6.21. The van der Waals surface area contributed by atoms with Crippen molar-refractivity contribution in [2.75, 3.05) is 13.1 Å². The maximum absolute atomic E-state index is 12.5. The van der Waals surface area contributed by atoms with Gasteiger partial charge in [0.1, 0.15) is 0 Å². The maximum Gasteiger partial charge on any atom is 0.401 e. The van der Waals surface area contributed by atoms with Gasteiger partial charge in [-0.3, -0.25) is 4.90 Å². The van der Waals surface area contributed by atoms with Gasteiger partial charge in [0.25, 0.3) is 0 Å². The van der Waals surface area contributed by atoms with Crippen LogP contribution in [0.1, 0.15) is 23.8 Å². The predicted molar refractivity (Wildman–Crippen MR) is 72.6 cm³/mol. The second-order valence-electron chi connectivity index (χ2n) is 4.30. The van der Waals surface area contributed by atoms with Crippen molar-refractivity contribution in [2.24, 2.45) is 0 Å². The van der Waals surface area contributed by atoms with Crippen molar-refractivity contribution in [1.29, 1.82) is 0 Å². The van der Waals surface area contributed by atoms with Crippen molar-refractivity contribution in [3.8, 4) is 0 Å². The Morgan fingerprint density at radius 1 is 1.50 bits per heavy atom. The van der Waals surface area contributed by atoms with Crippen LogP contribution in [0.2, 0.25) is 0 Å². The Labute approximate surface area is 119 Å². The van der Waals surface area contributed by atoms with Crippen LogP contribution in [0, 0.1) is 0 Å². The fourth-order valence-electron chi connectivity index (χ4n) is 1.78. The lowest BCUT2D eigenvalue weighted by Gasteiger charge is -2.22. The van der Waals surface area contributed by atoms with Gasteiger partial charge in [-0.1, -0.05) is 6.92 Å². The molecule has 0 aromatic carbocycles. The highest BCUT2D eigenvalue weighted by Gasteiger charge is 2.30. The molecule has 112 valence electrons. The Balaban J connectivity index is 2.78. The zero-order valence-corrected chi connectivity index (χ0v) is 11.8. The van der Waals surface area contributed by atoms with E-state index < -0.39 is 18.7 Å². The molecule has 0 aliphatic heterocycles. The summed E-state index contributed by atoms with van der Waals surface area (Å²) in [5, 5.41) is 10.3. The van der Waals surface area contributed by atoms with E-state index >= 15 is 0 Å². The molecule has 0 amide bonds. The fraction of sp³-hybridized carbons (Fsp3) is 0.462. The van der Waals surface area contributed by atoms with Crippen LogP contribution >= 0.6 is 11.3 Å². The normalized spacial score (nSPS) is 12.4. The number of alkyl halides is 3. The highest BCUT2D eigenvalue weighted by Crippen LogP contribution is 2.23. The average molecular weight is 307 g/mol. The first-order valence-corrected chi connectivity index (χ1v) is 6.96. The van der Waals surface area contributed by atoms with E-state index in [0.29, 0.717) is 18.5 Å². The molecule has 1 aromatic rings. The van der Waals surface area contributed by atoms with E-state index in [1.807, 2.05) is 6.92 Å². The first kappa shape index (κ1) is 16.7. The third-order valence-corrected chi connectivity index (χ3v) is 3.42. The Kier molecular flexibility index (Phi) is 6.22. The molecule has 0 aliphatic rings. The van der Waals surface area contributed by atoms with E-state index in [1.165, 1.54) is 22.3 Å². The minimum Gasteiger partial charge on any atom is -0.478 e. The van der Waals surface area contributed by atoms with Crippen molar-refractivity contribution in [2.45, 2.75) is 26.1 Å². The van der Waals surface area contributed by atoms with E-state index in [9.17, 15) is 18.0 Å². The summed E-state index contributed by atoms with van der Waals surface area (Å²) in [4.78, 5) is 12.5. The standard InChI is InChI=1S/C13H16F3NO2S/c1-2-6-17(9-13(14,15)16)8-11-10(5-7-20-11)3-4-12(18)19/h3-5,7H,2,6,8-9H2,1H3,(H,18,19). The molecule has 1 N–H and O–H groups in total. The van der Waals surface area contributed by atoms with Crippen molar-refractivity contribution >= 4 is 23.4 Å². The number of carboxylic acid groups (broad SMARTS) is 1. The van der Waals surface area contributed by atoms with Crippen molar-refractivity contribution in [3.05, 3.63) is 28.0 Å². The first-order valence-electron chi connectivity index (χ1n) is 6.08.